The van der Waals surface area contributed by atoms with E-state index in [2.05, 4.69) is 23.1 Å². The first-order valence-electron chi connectivity index (χ1n) is 9.97. The first-order valence-corrected chi connectivity index (χ1v) is 9.97. The molecule has 5 heteroatoms. The zero-order valence-corrected chi connectivity index (χ0v) is 16.4. The Bertz CT molecular complexity index is 924. The van der Waals surface area contributed by atoms with Crippen LogP contribution in [0.1, 0.15) is 57.5 Å². The molecule has 1 aromatic carbocycles. The Kier molecular flexibility index (Phi) is 4.80. The van der Waals surface area contributed by atoms with Gasteiger partial charge < -0.3 is 9.80 Å². The Labute approximate surface area is 165 Å². The van der Waals surface area contributed by atoms with Crippen LogP contribution >= 0.6 is 0 Å². The monoisotopic (exact) mass is 375 g/mol. The van der Waals surface area contributed by atoms with Crippen LogP contribution in [0.5, 0.6) is 0 Å². The molecule has 1 amide bonds. The van der Waals surface area contributed by atoms with Gasteiger partial charge in [0.2, 0.25) is 0 Å². The molecule has 2 bridgehead atoms. The van der Waals surface area contributed by atoms with Gasteiger partial charge in [0, 0.05) is 36.3 Å². The van der Waals surface area contributed by atoms with Crippen molar-refractivity contribution in [2.75, 3.05) is 13.1 Å². The van der Waals surface area contributed by atoms with Crippen LogP contribution in [0.2, 0.25) is 0 Å². The normalized spacial score (nSPS) is 23.8. The lowest BCUT2D eigenvalue weighted by Gasteiger charge is -2.43. The van der Waals surface area contributed by atoms with E-state index in [1.807, 2.05) is 24.8 Å². The number of aldehydes is 1. The summed E-state index contributed by atoms with van der Waals surface area (Å²) in [6.07, 6.45) is 8.71. The highest BCUT2D eigenvalue weighted by molar-refractivity contribution is 5.98. The summed E-state index contributed by atoms with van der Waals surface area (Å²) in [4.78, 5) is 29.0. The van der Waals surface area contributed by atoms with Crippen molar-refractivity contribution in [3.05, 3.63) is 57.8 Å². The van der Waals surface area contributed by atoms with E-state index in [1.165, 1.54) is 0 Å². The SMILES string of the molecule is Cc1cc(C)c(C(=O)N2C3CCC2CN(C2=C(C#N)CCC=C2)C3)cc1C=O. The minimum atomic E-state index is 0.0291. The molecular weight excluding hydrogens is 350 g/mol. The minimum Gasteiger partial charge on any atom is -0.367 e. The number of aryl methyl sites for hydroxylation is 2. The number of carbonyl (C=O) groups excluding carboxylic acids is 2. The molecule has 0 radical (unpaired) electrons. The molecule has 1 aromatic rings. The molecule has 2 atom stereocenters. The fourth-order valence-electron chi connectivity index (χ4n) is 4.86. The van der Waals surface area contributed by atoms with Crippen LogP contribution in [0.4, 0.5) is 0 Å². The quantitative estimate of drug-likeness (QED) is 0.758. The van der Waals surface area contributed by atoms with Crippen molar-refractivity contribution in [2.45, 2.75) is 51.6 Å². The number of benzene rings is 1. The first kappa shape index (κ1) is 18.5. The van der Waals surface area contributed by atoms with Gasteiger partial charge in [-0.2, -0.15) is 5.26 Å². The van der Waals surface area contributed by atoms with Gasteiger partial charge in [-0.15, -0.1) is 0 Å². The van der Waals surface area contributed by atoms with Crippen LogP contribution in [0, 0.1) is 25.2 Å². The van der Waals surface area contributed by atoms with E-state index in [-0.39, 0.29) is 18.0 Å². The number of nitrogens with zero attached hydrogens (tertiary/aromatic N) is 3. The second-order valence-corrected chi connectivity index (χ2v) is 8.06. The summed E-state index contributed by atoms with van der Waals surface area (Å²) in [6.45, 7) is 5.35. The van der Waals surface area contributed by atoms with E-state index in [0.717, 1.165) is 67.5 Å². The van der Waals surface area contributed by atoms with E-state index in [0.29, 0.717) is 11.1 Å². The molecule has 2 saturated heterocycles. The second kappa shape index (κ2) is 7.27. The predicted octanol–water partition coefficient (Wildman–Crippen LogP) is 3.53. The van der Waals surface area contributed by atoms with Gasteiger partial charge in [-0.3, -0.25) is 9.59 Å². The van der Waals surface area contributed by atoms with Crippen molar-refractivity contribution in [2.24, 2.45) is 0 Å². The van der Waals surface area contributed by atoms with Crippen molar-refractivity contribution < 1.29 is 9.59 Å². The number of carbonyl (C=O) groups is 2. The molecule has 1 aliphatic carbocycles. The number of piperazine rings is 1. The largest absolute Gasteiger partial charge is 0.367 e. The van der Waals surface area contributed by atoms with Gasteiger partial charge in [0.1, 0.15) is 6.29 Å². The summed E-state index contributed by atoms with van der Waals surface area (Å²) in [5.41, 5.74) is 4.92. The summed E-state index contributed by atoms with van der Waals surface area (Å²) >= 11 is 0. The van der Waals surface area contributed by atoms with Gasteiger partial charge in [-0.1, -0.05) is 12.1 Å². The standard InChI is InChI=1S/C23H25N3O2/c1-15-9-16(2)21(10-18(15)14-27)23(28)26-19-7-8-20(26)13-25(12-19)22-6-4-3-5-17(22)11-24/h4,6,9-10,14,19-20H,3,5,7-8,12-13H2,1-2H3. The Morgan fingerprint density at radius 3 is 2.54 bits per heavy atom. The average molecular weight is 375 g/mol. The fraction of sp³-hybridized carbons (Fsp3) is 0.435. The topological polar surface area (TPSA) is 64.4 Å². The van der Waals surface area contributed by atoms with Gasteiger partial charge in [0.05, 0.1) is 17.3 Å². The van der Waals surface area contributed by atoms with Crippen LogP contribution in [-0.4, -0.2) is 47.2 Å². The Morgan fingerprint density at radius 2 is 1.89 bits per heavy atom. The second-order valence-electron chi connectivity index (χ2n) is 8.06. The molecule has 5 nitrogen and oxygen atoms in total. The van der Waals surface area contributed by atoms with Crippen LogP contribution < -0.4 is 0 Å². The third kappa shape index (κ3) is 3.03. The summed E-state index contributed by atoms with van der Waals surface area (Å²) in [5.74, 6) is 0.0291. The number of nitriles is 1. The van der Waals surface area contributed by atoms with Gasteiger partial charge in [0.25, 0.3) is 5.91 Å². The molecule has 2 aliphatic heterocycles. The number of hydrogen-bond donors (Lipinski definition) is 0. The maximum atomic E-state index is 13.4. The molecule has 4 rings (SSSR count). The van der Waals surface area contributed by atoms with E-state index in [4.69, 9.17) is 0 Å². The third-order valence-corrected chi connectivity index (χ3v) is 6.31. The summed E-state index contributed by atoms with van der Waals surface area (Å²) in [7, 11) is 0. The van der Waals surface area contributed by atoms with Gasteiger partial charge in [0.15, 0.2) is 0 Å². The highest BCUT2D eigenvalue weighted by atomic mass is 16.2. The van der Waals surface area contributed by atoms with E-state index >= 15 is 0 Å². The third-order valence-electron chi connectivity index (χ3n) is 6.31. The summed E-state index contributed by atoms with van der Waals surface area (Å²) < 4.78 is 0. The van der Waals surface area contributed by atoms with Gasteiger partial charge in [-0.05, 0) is 62.8 Å². The lowest BCUT2D eigenvalue weighted by atomic mass is 9.98. The molecule has 0 saturated carbocycles. The molecule has 0 N–H and O–H groups in total. The van der Waals surface area contributed by atoms with Crippen molar-refractivity contribution >= 4 is 12.2 Å². The lowest BCUT2D eigenvalue weighted by Crippen LogP contribution is -2.55. The summed E-state index contributed by atoms with van der Waals surface area (Å²) in [6, 6.07) is 6.32. The van der Waals surface area contributed by atoms with Crippen molar-refractivity contribution in [1.82, 2.24) is 9.80 Å². The molecule has 0 spiro atoms. The zero-order valence-electron chi connectivity index (χ0n) is 16.4. The van der Waals surface area contributed by atoms with Crippen molar-refractivity contribution in [3.63, 3.8) is 0 Å². The van der Waals surface area contributed by atoms with Crippen molar-refractivity contribution in [1.29, 1.82) is 5.26 Å². The smallest absolute Gasteiger partial charge is 0.254 e. The van der Waals surface area contributed by atoms with Crippen LogP contribution in [0.15, 0.2) is 35.6 Å². The molecule has 2 fully saturated rings. The number of allylic oxidation sites excluding steroid dienone is 3. The van der Waals surface area contributed by atoms with E-state index in [9.17, 15) is 14.9 Å². The number of amides is 1. The number of hydrogen-bond acceptors (Lipinski definition) is 4. The zero-order chi connectivity index (χ0) is 19.8. The van der Waals surface area contributed by atoms with Crippen LogP contribution in [-0.2, 0) is 0 Å². The van der Waals surface area contributed by atoms with Gasteiger partial charge in [-0.25, -0.2) is 0 Å². The molecule has 28 heavy (non-hydrogen) atoms. The Hall–Kier alpha value is -2.87. The average Bonchev–Trinajstić information content (AvgIpc) is 2.97. The van der Waals surface area contributed by atoms with E-state index in [1.54, 1.807) is 6.07 Å². The Morgan fingerprint density at radius 1 is 1.18 bits per heavy atom. The van der Waals surface area contributed by atoms with Crippen molar-refractivity contribution in [3.8, 4) is 6.07 Å². The highest BCUT2D eigenvalue weighted by Gasteiger charge is 2.43. The molecule has 3 aliphatic rings. The maximum Gasteiger partial charge on any atom is 0.254 e. The summed E-state index contributed by atoms with van der Waals surface area (Å²) in [5, 5.41) is 9.47. The van der Waals surface area contributed by atoms with E-state index < -0.39 is 0 Å². The molecule has 144 valence electrons. The predicted molar refractivity (Wildman–Crippen MR) is 107 cm³/mol. The number of fused-ring (bicyclic) bond motifs is 2. The molecule has 2 unspecified atom stereocenters. The molecule has 2 heterocycles. The van der Waals surface area contributed by atoms with Crippen LogP contribution in [0.25, 0.3) is 0 Å². The molecule has 0 aromatic heterocycles. The minimum absolute atomic E-state index is 0.0291. The lowest BCUT2D eigenvalue weighted by molar-refractivity contribution is 0.0487. The highest BCUT2D eigenvalue weighted by Crippen LogP contribution is 2.35. The Balaban J connectivity index is 1.60. The maximum absolute atomic E-state index is 13.4. The number of rotatable bonds is 3. The number of likely N-dealkylation sites (tertiary alicyclic amines) is 1. The first-order chi connectivity index (χ1) is 13.5. The van der Waals surface area contributed by atoms with Gasteiger partial charge >= 0.3 is 0 Å². The fourth-order valence-corrected chi connectivity index (χ4v) is 4.86. The van der Waals surface area contributed by atoms with Crippen LogP contribution in [0.3, 0.4) is 0 Å². The molecular formula is C23H25N3O2.